The standard InChI is InChI=1S/C19H19N7O2S/c27-17(23-13-2-1-4-21-10-13)15-12-29-19(25-15)18(28)24-14-11-22-5-3-16(14)26-8-6-20-7-9-26/h1-5,10-12,20H,6-9H2,(H,23,27)(H,24,28). The van der Waals surface area contributed by atoms with Crippen molar-refractivity contribution in [3.8, 4) is 0 Å². The van der Waals surface area contributed by atoms with Crippen LogP contribution in [0, 0.1) is 0 Å². The minimum Gasteiger partial charge on any atom is -0.367 e. The van der Waals surface area contributed by atoms with Crippen LogP contribution in [0.3, 0.4) is 0 Å². The number of carbonyl (C=O) groups excluding carboxylic acids is 2. The predicted octanol–water partition coefficient (Wildman–Crippen LogP) is 1.85. The fraction of sp³-hybridized carbons (Fsp3) is 0.211. The molecular weight excluding hydrogens is 390 g/mol. The molecule has 3 aromatic rings. The zero-order chi connectivity index (χ0) is 20.1. The highest BCUT2D eigenvalue weighted by Gasteiger charge is 2.19. The highest BCUT2D eigenvalue weighted by molar-refractivity contribution is 7.12. The van der Waals surface area contributed by atoms with Gasteiger partial charge in [0.25, 0.3) is 11.8 Å². The van der Waals surface area contributed by atoms with Gasteiger partial charge in [-0.1, -0.05) is 0 Å². The molecule has 0 spiro atoms. The van der Waals surface area contributed by atoms with E-state index < -0.39 is 5.91 Å². The minimum atomic E-state index is -0.392. The number of piperazine rings is 1. The summed E-state index contributed by atoms with van der Waals surface area (Å²) in [6.45, 7) is 3.47. The summed E-state index contributed by atoms with van der Waals surface area (Å²) in [5.41, 5.74) is 2.28. The zero-order valence-corrected chi connectivity index (χ0v) is 16.3. The second-order valence-electron chi connectivity index (χ2n) is 6.32. The summed E-state index contributed by atoms with van der Waals surface area (Å²) in [7, 11) is 0. The van der Waals surface area contributed by atoms with Gasteiger partial charge >= 0.3 is 0 Å². The van der Waals surface area contributed by atoms with Crippen LogP contribution in [0.15, 0.2) is 48.4 Å². The Balaban J connectivity index is 1.45. The van der Waals surface area contributed by atoms with Crippen molar-refractivity contribution in [1.29, 1.82) is 0 Å². The molecule has 4 rings (SSSR count). The van der Waals surface area contributed by atoms with Crippen molar-refractivity contribution in [3.63, 3.8) is 0 Å². The monoisotopic (exact) mass is 409 g/mol. The van der Waals surface area contributed by atoms with Gasteiger partial charge in [-0.25, -0.2) is 4.98 Å². The first kappa shape index (κ1) is 19.0. The maximum absolute atomic E-state index is 12.7. The first-order chi connectivity index (χ1) is 14.2. The number of amides is 2. The van der Waals surface area contributed by atoms with E-state index in [-0.39, 0.29) is 16.6 Å². The summed E-state index contributed by atoms with van der Waals surface area (Å²) < 4.78 is 0. The number of thiazole rings is 1. The highest BCUT2D eigenvalue weighted by atomic mass is 32.1. The molecular formula is C19H19N7O2S. The van der Waals surface area contributed by atoms with Crippen molar-refractivity contribution in [2.24, 2.45) is 0 Å². The molecule has 0 aromatic carbocycles. The second-order valence-corrected chi connectivity index (χ2v) is 7.18. The van der Waals surface area contributed by atoms with E-state index in [2.05, 4.69) is 35.8 Å². The molecule has 0 atom stereocenters. The van der Waals surface area contributed by atoms with Crippen molar-refractivity contribution < 1.29 is 9.59 Å². The molecule has 1 aliphatic heterocycles. The maximum atomic E-state index is 12.7. The fourth-order valence-corrected chi connectivity index (χ4v) is 3.65. The lowest BCUT2D eigenvalue weighted by molar-refractivity contribution is 0.102. The Labute approximate surface area is 171 Å². The average molecular weight is 409 g/mol. The van der Waals surface area contributed by atoms with Crippen LogP contribution >= 0.6 is 11.3 Å². The van der Waals surface area contributed by atoms with E-state index in [1.54, 1.807) is 36.1 Å². The number of hydrogen-bond donors (Lipinski definition) is 3. The Morgan fingerprint density at radius 2 is 1.86 bits per heavy atom. The maximum Gasteiger partial charge on any atom is 0.284 e. The van der Waals surface area contributed by atoms with Gasteiger partial charge in [-0.2, -0.15) is 0 Å². The summed E-state index contributed by atoms with van der Waals surface area (Å²) in [5, 5.41) is 10.6. The summed E-state index contributed by atoms with van der Waals surface area (Å²) in [4.78, 5) is 39.4. The molecule has 148 valence electrons. The molecule has 3 N–H and O–H groups in total. The third kappa shape index (κ3) is 4.55. The van der Waals surface area contributed by atoms with Gasteiger partial charge in [-0.15, -0.1) is 11.3 Å². The van der Waals surface area contributed by atoms with Crippen molar-refractivity contribution in [1.82, 2.24) is 20.3 Å². The van der Waals surface area contributed by atoms with Crippen molar-refractivity contribution in [2.45, 2.75) is 0 Å². The molecule has 0 saturated carbocycles. The van der Waals surface area contributed by atoms with Crippen LogP contribution in [0.4, 0.5) is 17.1 Å². The Morgan fingerprint density at radius 1 is 1.03 bits per heavy atom. The first-order valence-electron chi connectivity index (χ1n) is 9.08. The smallest absolute Gasteiger partial charge is 0.284 e. The number of rotatable bonds is 5. The van der Waals surface area contributed by atoms with Crippen LogP contribution in [-0.4, -0.2) is 52.9 Å². The van der Waals surface area contributed by atoms with Crippen LogP contribution in [0.5, 0.6) is 0 Å². The number of anilines is 3. The van der Waals surface area contributed by atoms with Crippen LogP contribution < -0.4 is 20.9 Å². The Kier molecular flexibility index (Phi) is 5.73. The van der Waals surface area contributed by atoms with E-state index >= 15 is 0 Å². The van der Waals surface area contributed by atoms with Gasteiger partial charge in [0.1, 0.15) is 5.69 Å². The van der Waals surface area contributed by atoms with E-state index in [0.717, 1.165) is 43.2 Å². The molecule has 1 fully saturated rings. The third-order valence-corrected chi connectivity index (χ3v) is 5.20. The Hall–Kier alpha value is -3.37. The SMILES string of the molecule is O=C(Nc1cccnc1)c1csc(C(=O)Nc2cnccc2N2CCNCC2)n1. The van der Waals surface area contributed by atoms with Gasteiger partial charge in [0.2, 0.25) is 0 Å². The Morgan fingerprint density at radius 3 is 2.66 bits per heavy atom. The fourth-order valence-electron chi connectivity index (χ4n) is 2.95. The molecule has 1 saturated heterocycles. The summed E-state index contributed by atoms with van der Waals surface area (Å²) >= 11 is 1.11. The average Bonchev–Trinajstić information content (AvgIpc) is 3.26. The number of carbonyl (C=O) groups is 2. The van der Waals surface area contributed by atoms with E-state index in [1.165, 1.54) is 6.20 Å². The largest absolute Gasteiger partial charge is 0.367 e. The van der Waals surface area contributed by atoms with E-state index in [4.69, 9.17) is 0 Å². The molecule has 0 radical (unpaired) electrons. The molecule has 9 nitrogen and oxygen atoms in total. The summed E-state index contributed by atoms with van der Waals surface area (Å²) in [5.74, 6) is -0.768. The van der Waals surface area contributed by atoms with Gasteiger partial charge < -0.3 is 20.9 Å². The Bertz CT molecular complexity index is 1000. The third-order valence-electron chi connectivity index (χ3n) is 4.35. The summed E-state index contributed by atoms with van der Waals surface area (Å²) in [6.07, 6.45) is 6.49. The molecule has 0 bridgehead atoms. The van der Waals surface area contributed by atoms with Gasteiger partial charge in [-0.3, -0.25) is 19.6 Å². The zero-order valence-electron chi connectivity index (χ0n) is 15.5. The normalized spacial score (nSPS) is 13.7. The first-order valence-corrected chi connectivity index (χ1v) is 9.96. The molecule has 29 heavy (non-hydrogen) atoms. The number of pyridine rings is 2. The topological polar surface area (TPSA) is 112 Å². The van der Waals surface area contributed by atoms with Crippen LogP contribution in [0.1, 0.15) is 20.3 Å². The number of hydrogen-bond acceptors (Lipinski definition) is 8. The van der Waals surface area contributed by atoms with E-state index in [9.17, 15) is 9.59 Å². The van der Waals surface area contributed by atoms with Crippen LogP contribution in [0.2, 0.25) is 0 Å². The number of nitrogens with zero attached hydrogens (tertiary/aromatic N) is 4. The minimum absolute atomic E-state index is 0.178. The van der Waals surface area contributed by atoms with Crippen molar-refractivity contribution >= 4 is 40.2 Å². The van der Waals surface area contributed by atoms with Crippen molar-refractivity contribution in [2.75, 3.05) is 41.7 Å². The highest BCUT2D eigenvalue weighted by Crippen LogP contribution is 2.25. The van der Waals surface area contributed by atoms with Crippen LogP contribution in [0.25, 0.3) is 0 Å². The van der Waals surface area contributed by atoms with Crippen LogP contribution in [-0.2, 0) is 0 Å². The van der Waals surface area contributed by atoms with Gasteiger partial charge in [0.15, 0.2) is 5.01 Å². The van der Waals surface area contributed by atoms with E-state index in [0.29, 0.717) is 11.4 Å². The summed E-state index contributed by atoms with van der Waals surface area (Å²) in [6, 6.07) is 5.33. The molecule has 10 heteroatoms. The van der Waals surface area contributed by atoms with Gasteiger partial charge in [0, 0.05) is 44.0 Å². The molecule has 0 unspecified atom stereocenters. The number of aromatic nitrogens is 3. The van der Waals surface area contributed by atoms with Gasteiger partial charge in [0.05, 0.1) is 29.5 Å². The van der Waals surface area contributed by atoms with Crippen molar-refractivity contribution in [3.05, 3.63) is 59.1 Å². The molecule has 2 amide bonds. The second kappa shape index (κ2) is 8.76. The van der Waals surface area contributed by atoms with Gasteiger partial charge in [-0.05, 0) is 18.2 Å². The van der Waals surface area contributed by atoms with E-state index in [1.807, 2.05) is 6.07 Å². The molecule has 0 aliphatic carbocycles. The quantitative estimate of drug-likeness (QED) is 0.589. The molecule has 4 heterocycles. The lowest BCUT2D eigenvalue weighted by Crippen LogP contribution is -2.43. The predicted molar refractivity (Wildman–Crippen MR) is 112 cm³/mol. The number of nitrogens with one attached hydrogen (secondary N) is 3. The lowest BCUT2D eigenvalue weighted by Gasteiger charge is -2.30. The lowest BCUT2D eigenvalue weighted by atomic mass is 10.2. The molecule has 3 aromatic heterocycles. The molecule has 1 aliphatic rings.